The SMILES string of the molecule is C[Si]1(C)c2ccccc2C#Cc2ccccc2[Si]1(C)C. The molecule has 20 heavy (non-hydrogen) atoms. The summed E-state index contributed by atoms with van der Waals surface area (Å²) in [5.41, 5.74) is 2.50. The summed E-state index contributed by atoms with van der Waals surface area (Å²) < 4.78 is 0. The third-order valence-corrected chi connectivity index (χ3v) is 22.8. The maximum absolute atomic E-state index is 3.42. The Balaban J connectivity index is 2.40. The van der Waals surface area contributed by atoms with Gasteiger partial charge in [-0.15, -0.1) is 0 Å². The first-order valence-corrected chi connectivity index (χ1v) is 14.2. The highest BCUT2D eigenvalue weighted by Gasteiger charge is 2.45. The van der Waals surface area contributed by atoms with Crippen molar-refractivity contribution in [3.05, 3.63) is 59.7 Å². The number of hydrogen-bond donors (Lipinski definition) is 0. The van der Waals surface area contributed by atoms with E-state index in [0.717, 1.165) is 0 Å². The zero-order valence-corrected chi connectivity index (χ0v) is 14.6. The van der Waals surface area contributed by atoms with Gasteiger partial charge in [-0.25, -0.2) is 0 Å². The van der Waals surface area contributed by atoms with Crippen LogP contribution < -0.4 is 10.4 Å². The van der Waals surface area contributed by atoms with Gasteiger partial charge in [-0.05, 0) is 22.5 Å². The lowest BCUT2D eigenvalue weighted by Crippen LogP contribution is -2.70. The van der Waals surface area contributed by atoms with Crippen LogP contribution in [-0.4, -0.2) is 15.2 Å². The molecule has 0 spiro atoms. The van der Waals surface area contributed by atoms with E-state index in [-0.39, 0.29) is 0 Å². The van der Waals surface area contributed by atoms with Crippen molar-refractivity contribution < 1.29 is 0 Å². The summed E-state index contributed by atoms with van der Waals surface area (Å²) in [6.07, 6.45) is 0. The Hall–Kier alpha value is -1.57. The minimum absolute atomic E-state index is 1.25. The molecule has 0 saturated heterocycles. The highest BCUT2D eigenvalue weighted by Crippen LogP contribution is 2.23. The molecule has 100 valence electrons. The van der Waals surface area contributed by atoms with Gasteiger partial charge in [-0.2, -0.15) is 0 Å². The summed E-state index contributed by atoms with van der Waals surface area (Å²) >= 11 is 0. The average molecular weight is 293 g/mol. The van der Waals surface area contributed by atoms with Crippen molar-refractivity contribution >= 4 is 25.6 Å². The van der Waals surface area contributed by atoms with E-state index < -0.39 is 15.2 Å². The first-order valence-electron chi connectivity index (χ1n) is 7.15. The van der Waals surface area contributed by atoms with Crippen molar-refractivity contribution in [2.75, 3.05) is 0 Å². The molecule has 0 atom stereocenters. The van der Waals surface area contributed by atoms with Crippen molar-refractivity contribution in [2.45, 2.75) is 26.2 Å². The topological polar surface area (TPSA) is 0 Å². The third-order valence-electron chi connectivity index (χ3n) is 5.10. The molecule has 0 bridgehead atoms. The molecule has 1 aliphatic rings. The molecule has 1 heterocycles. The van der Waals surface area contributed by atoms with Crippen molar-refractivity contribution in [3.63, 3.8) is 0 Å². The Labute approximate surface area is 123 Å². The molecule has 2 aromatic rings. The normalized spacial score (nSPS) is 17.8. The fourth-order valence-corrected chi connectivity index (χ4v) is 12.4. The maximum atomic E-state index is 3.42. The summed E-state index contributed by atoms with van der Waals surface area (Å²) in [4.78, 5) is 0. The Bertz CT molecular complexity index is 669. The number of benzene rings is 2. The predicted octanol–water partition coefficient (Wildman–Crippen LogP) is 3.01. The Morgan fingerprint density at radius 3 is 1.35 bits per heavy atom. The van der Waals surface area contributed by atoms with Gasteiger partial charge in [0.2, 0.25) is 0 Å². The van der Waals surface area contributed by atoms with Crippen LogP contribution in [0.15, 0.2) is 48.5 Å². The number of fused-ring (bicyclic) bond motifs is 2. The van der Waals surface area contributed by atoms with Crippen LogP contribution in [0.3, 0.4) is 0 Å². The smallest absolute Gasteiger partial charge is 0.0670 e. The molecule has 3 rings (SSSR count). The van der Waals surface area contributed by atoms with Crippen LogP contribution in [-0.2, 0) is 0 Å². The Morgan fingerprint density at radius 2 is 0.950 bits per heavy atom. The van der Waals surface area contributed by atoms with Crippen LogP contribution in [0.4, 0.5) is 0 Å². The second kappa shape index (κ2) is 4.48. The quantitative estimate of drug-likeness (QED) is 0.517. The molecular formula is C18H20Si2. The van der Waals surface area contributed by atoms with E-state index in [4.69, 9.17) is 0 Å². The minimum atomic E-state index is -1.54. The molecule has 2 heteroatoms. The molecule has 0 unspecified atom stereocenters. The lowest BCUT2D eigenvalue weighted by molar-refractivity contribution is 1.61. The average Bonchev–Trinajstić information content (AvgIpc) is 2.44. The van der Waals surface area contributed by atoms with E-state index in [1.54, 1.807) is 10.4 Å². The largest absolute Gasteiger partial charge is 0.0808 e. The van der Waals surface area contributed by atoms with E-state index in [2.05, 4.69) is 86.6 Å². The van der Waals surface area contributed by atoms with Gasteiger partial charge in [0.05, 0.1) is 15.2 Å². The molecule has 1 aliphatic heterocycles. The van der Waals surface area contributed by atoms with Gasteiger partial charge in [0.1, 0.15) is 0 Å². The molecule has 0 fully saturated rings. The van der Waals surface area contributed by atoms with Gasteiger partial charge in [0, 0.05) is 11.1 Å². The van der Waals surface area contributed by atoms with Gasteiger partial charge >= 0.3 is 0 Å². The summed E-state index contributed by atoms with van der Waals surface area (Å²) in [5.74, 6) is 6.84. The monoisotopic (exact) mass is 292 g/mol. The highest BCUT2D eigenvalue weighted by atomic mass is 29.3. The van der Waals surface area contributed by atoms with E-state index >= 15 is 0 Å². The molecule has 0 aliphatic carbocycles. The van der Waals surface area contributed by atoms with Gasteiger partial charge < -0.3 is 0 Å². The zero-order chi connectivity index (χ0) is 14.4. The van der Waals surface area contributed by atoms with Crippen LogP contribution in [0, 0.1) is 11.8 Å². The van der Waals surface area contributed by atoms with Crippen LogP contribution >= 0.6 is 0 Å². The van der Waals surface area contributed by atoms with Crippen molar-refractivity contribution in [2.24, 2.45) is 0 Å². The summed E-state index contributed by atoms with van der Waals surface area (Å²) in [5, 5.41) is 3.08. The van der Waals surface area contributed by atoms with E-state index in [0.29, 0.717) is 0 Å². The van der Waals surface area contributed by atoms with E-state index in [1.807, 2.05) is 0 Å². The molecule has 0 aromatic heterocycles. The second-order valence-corrected chi connectivity index (χ2v) is 21.7. The Morgan fingerprint density at radius 1 is 0.600 bits per heavy atom. The highest BCUT2D eigenvalue weighted by molar-refractivity contribution is 7.50. The summed E-state index contributed by atoms with van der Waals surface area (Å²) in [7, 11) is -3.07. The number of rotatable bonds is 0. The molecule has 0 nitrogen and oxygen atoms in total. The lowest BCUT2D eigenvalue weighted by atomic mass is 10.2. The first kappa shape index (κ1) is 13.4. The first-order chi connectivity index (χ1) is 9.44. The van der Waals surface area contributed by atoms with Gasteiger partial charge in [0.15, 0.2) is 0 Å². The molecule has 2 aromatic carbocycles. The Kier molecular flexibility index (Phi) is 3.00. The second-order valence-electron chi connectivity index (χ2n) is 6.59. The molecule has 0 amide bonds. The fourth-order valence-electron chi connectivity index (χ4n) is 3.08. The number of hydrogen-bond acceptors (Lipinski definition) is 0. The molecule has 0 N–H and O–H groups in total. The van der Waals surface area contributed by atoms with Crippen LogP contribution in [0.1, 0.15) is 11.1 Å². The van der Waals surface area contributed by atoms with Crippen LogP contribution in [0.5, 0.6) is 0 Å². The van der Waals surface area contributed by atoms with Crippen molar-refractivity contribution in [1.82, 2.24) is 0 Å². The summed E-state index contributed by atoms with van der Waals surface area (Å²) in [6, 6.07) is 17.6. The van der Waals surface area contributed by atoms with Crippen molar-refractivity contribution in [3.8, 4) is 11.8 Å². The summed E-state index contributed by atoms with van der Waals surface area (Å²) in [6.45, 7) is 10.1. The van der Waals surface area contributed by atoms with Crippen molar-refractivity contribution in [1.29, 1.82) is 0 Å². The van der Waals surface area contributed by atoms with E-state index in [9.17, 15) is 0 Å². The van der Waals surface area contributed by atoms with Crippen LogP contribution in [0.2, 0.25) is 26.2 Å². The standard InChI is InChI=1S/C18H20Si2/c1-19(2)17-11-7-5-9-15(17)13-14-16-10-6-8-12-18(16)20(19,3)4/h5-12H,1-4H3. The van der Waals surface area contributed by atoms with E-state index in [1.165, 1.54) is 11.1 Å². The van der Waals surface area contributed by atoms with Gasteiger partial charge in [-0.3, -0.25) is 0 Å². The molecule has 0 radical (unpaired) electrons. The zero-order valence-electron chi connectivity index (χ0n) is 12.6. The molecule has 0 saturated carbocycles. The molecular weight excluding hydrogens is 272 g/mol. The fraction of sp³-hybridized carbons (Fsp3) is 0.222. The third kappa shape index (κ3) is 1.82. The van der Waals surface area contributed by atoms with Crippen LogP contribution in [0.25, 0.3) is 0 Å². The predicted molar refractivity (Wildman–Crippen MR) is 93.1 cm³/mol. The maximum Gasteiger partial charge on any atom is 0.0808 e. The van der Waals surface area contributed by atoms with Gasteiger partial charge in [0.25, 0.3) is 0 Å². The minimum Gasteiger partial charge on any atom is -0.0670 e. The van der Waals surface area contributed by atoms with Gasteiger partial charge in [-0.1, -0.05) is 74.4 Å². The lowest BCUT2D eigenvalue weighted by Gasteiger charge is -2.41.